The first-order chi connectivity index (χ1) is 9.50. The van der Waals surface area contributed by atoms with Crippen LogP contribution in [0.15, 0.2) is 30.3 Å². The largest absolute Gasteiger partial charge is 0.454 e. The summed E-state index contributed by atoms with van der Waals surface area (Å²) in [6, 6.07) is 10.3. The van der Waals surface area contributed by atoms with Crippen molar-refractivity contribution in [2.45, 2.75) is 64.9 Å². The minimum Gasteiger partial charge on any atom is -0.454 e. The summed E-state index contributed by atoms with van der Waals surface area (Å²) in [5.41, 5.74) is 0.349. The van der Waals surface area contributed by atoms with Crippen molar-refractivity contribution in [3.63, 3.8) is 0 Å². The van der Waals surface area contributed by atoms with Crippen LogP contribution in [0.1, 0.15) is 64.9 Å². The van der Waals surface area contributed by atoms with E-state index in [0.29, 0.717) is 0 Å². The van der Waals surface area contributed by atoms with Gasteiger partial charge >= 0.3 is 5.97 Å². The number of hydrogen-bond acceptors (Lipinski definition) is 2. The van der Waals surface area contributed by atoms with Gasteiger partial charge in [0, 0.05) is 0 Å². The highest BCUT2D eigenvalue weighted by Crippen LogP contribution is 2.42. The summed E-state index contributed by atoms with van der Waals surface area (Å²) in [5, 5.41) is 0. The minimum atomic E-state index is -0.404. The van der Waals surface area contributed by atoms with E-state index in [9.17, 15) is 4.79 Å². The molecule has 2 rings (SSSR count). The zero-order valence-electron chi connectivity index (χ0n) is 12.9. The molecule has 0 amide bonds. The molecule has 2 nitrogen and oxygen atoms in total. The monoisotopic (exact) mass is 274 g/mol. The molecule has 0 aromatic heterocycles. The van der Waals surface area contributed by atoms with Gasteiger partial charge in [-0.15, -0.1) is 0 Å². The van der Waals surface area contributed by atoms with Crippen molar-refractivity contribution < 1.29 is 9.53 Å². The summed E-state index contributed by atoms with van der Waals surface area (Å²) in [7, 11) is 0. The van der Waals surface area contributed by atoms with Crippen LogP contribution >= 0.6 is 0 Å². The third-order valence-electron chi connectivity index (χ3n) is 4.69. The molecule has 20 heavy (non-hydrogen) atoms. The molecule has 110 valence electrons. The van der Waals surface area contributed by atoms with E-state index in [4.69, 9.17) is 4.74 Å². The Morgan fingerprint density at radius 1 is 1.15 bits per heavy atom. The van der Waals surface area contributed by atoms with E-state index >= 15 is 0 Å². The maximum atomic E-state index is 12.5. The highest BCUT2D eigenvalue weighted by molar-refractivity contribution is 5.76. The van der Waals surface area contributed by atoms with Crippen LogP contribution < -0.4 is 0 Å². The molecule has 1 aliphatic rings. The molecule has 1 saturated carbocycles. The molecule has 1 aromatic rings. The fraction of sp³-hybridized carbons (Fsp3) is 0.611. The highest BCUT2D eigenvalue weighted by atomic mass is 16.6. The lowest BCUT2D eigenvalue weighted by Crippen LogP contribution is -2.39. The van der Waals surface area contributed by atoms with Gasteiger partial charge in [0.05, 0.1) is 5.41 Å². The standard InChI is InChI=1S/C18H26O2/c1-4-17(2,3)16(19)20-18(13-9-6-10-14-18)15-11-7-5-8-12-15/h5,7-8,11-12H,4,6,9-10,13-14H2,1-3H3. The number of rotatable bonds is 4. The van der Waals surface area contributed by atoms with Crippen molar-refractivity contribution in [3.8, 4) is 0 Å². The number of esters is 1. The Morgan fingerprint density at radius 2 is 1.75 bits per heavy atom. The molecule has 2 heteroatoms. The molecule has 1 aliphatic carbocycles. The average Bonchev–Trinajstić information content (AvgIpc) is 2.49. The van der Waals surface area contributed by atoms with Gasteiger partial charge in [-0.1, -0.05) is 43.7 Å². The maximum Gasteiger partial charge on any atom is 0.312 e. The molecule has 0 saturated heterocycles. The molecule has 0 radical (unpaired) electrons. The molecular weight excluding hydrogens is 248 g/mol. The van der Waals surface area contributed by atoms with Crippen molar-refractivity contribution in [3.05, 3.63) is 35.9 Å². The summed E-state index contributed by atoms with van der Waals surface area (Å²) >= 11 is 0. The summed E-state index contributed by atoms with van der Waals surface area (Å²) < 4.78 is 6.08. The fourth-order valence-corrected chi connectivity index (χ4v) is 2.77. The van der Waals surface area contributed by atoms with Gasteiger partial charge in [-0.3, -0.25) is 4.79 Å². The van der Waals surface area contributed by atoms with Crippen LogP contribution in [0.3, 0.4) is 0 Å². The number of hydrogen-bond donors (Lipinski definition) is 0. The van der Waals surface area contributed by atoms with Crippen molar-refractivity contribution >= 4 is 5.97 Å². The lowest BCUT2D eigenvalue weighted by Gasteiger charge is -2.39. The van der Waals surface area contributed by atoms with E-state index in [1.807, 2.05) is 39.0 Å². The zero-order valence-corrected chi connectivity index (χ0v) is 12.9. The van der Waals surface area contributed by atoms with Crippen LogP contribution in [0, 0.1) is 5.41 Å². The number of ether oxygens (including phenoxy) is 1. The second-order valence-electron chi connectivity index (χ2n) is 6.55. The molecule has 0 bridgehead atoms. The molecule has 1 fully saturated rings. The van der Waals surface area contributed by atoms with Gasteiger partial charge in [0.2, 0.25) is 0 Å². The van der Waals surface area contributed by atoms with E-state index in [0.717, 1.165) is 37.7 Å². The van der Waals surface area contributed by atoms with Crippen LogP contribution in [-0.4, -0.2) is 5.97 Å². The predicted octanol–water partition coefficient (Wildman–Crippen LogP) is 4.83. The SMILES string of the molecule is CCC(C)(C)C(=O)OC1(c2ccccc2)CCCCC1. The van der Waals surface area contributed by atoms with Gasteiger partial charge in [0.25, 0.3) is 0 Å². The number of carbonyl (C=O) groups excluding carboxylic acids is 1. The molecule has 0 unspecified atom stereocenters. The maximum absolute atomic E-state index is 12.5. The van der Waals surface area contributed by atoms with Gasteiger partial charge in [0.15, 0.2) is 0 Å². The summed E-state index contributed by atoms with van der Waals surface area (Å²) in [4.78, 5) is 12.5. The summed E-state index contributed by atoms with van der Waals surface area (Å²) in [6.45, 7) is 5.98. The van der Waals surface area contributed by atoms with Gasteiger partial charge < -0.3 is 4.74 Å². The first-order valence-corrected chi connectivity index (χ1v) is 7.79. The first kappa shape index (κ1) is 15.1. The Balaban J connectivity index is 2.27. The highest BCUT2D eigenvalue weighted by Gasteiger charge is 2.40. The Bertz CT molecular complexity index is 442. The lowest BCUT2D eigenvalue weighted by molar-refractivity contribution is -0.176. The van der Waals surface area contributed by atoms with E-state index in [1.165, 1.54) is 6.42 Å². The third kappa shape index (κ3) is 3.05. The normalized spacial score (nSPS) is 18.6. The Morgan fingerprint density at radius 3 is 2.30 bits per heavy atom. The molecule has 0 aliphatic heterocycles. The molecular formula is C18H26O2. The molecule has 0 heterocycles. The van der Waals surface area contributed by atoms with Crippen LogP contribution in [0.5, 0.6) is 0 Å². The number of benzene rings is 1. The van der Waals surface area contributed by atoms with Gasteiger partial charge in [0.1, 0.15) is 5.60 Å². The van der Waals surface area contributed by atoms with Crippen LogP contribution in [0.4, 0.5) is 0 Å². The van der Waals surface area contributed by atoms with Crippen molar-refractivity contribution in [2.24, 2.45) is 5.41 Å². The van der Waals surface area contributed by atoms with Crippen LogP contribution in [-0.2, 0) is 15.1 Å². The Kier molecular flexibility index (Phi) is 4.52. The van der Waals surface area contributed by atoms with E-state index in [-0.39, 0.29) is 5.97 Å². The topological polar surface area (TPSA) is 26.3 Å². The fourth-order valence-electron chi connectivity index (χ4n) is 2.77. The Hall–Kier alpha value is -1.31. The lowest BCUT2D eigenvalue weighted by atomic mass is 9.79. The van der Waals surface area contributed by atoms with Gasteiger partial charge in [-0.05, 0) is 51.5 Å². The van der Waals surface area contributed by atoms with Crippen LogP contribution in [0.25, 0.3) is 0 Å². The number of carbonyl (C=O) groups is 1. The van der Waals surface area contributed by atoms with E-state index in [1.54, 1.807) is 0 Å². The van der Waals surface area contributed by atoms with Gasteiger partial charge in [-0.25, -0.2) is 0 Å². The second-order valence-corrected chi connectivity index (χ2v) is 6.55. The zero-order chi connectivity index (χ0) is 14.6. The summed E-state index contributed by atoms with van der Waals surface area (Å²) in [5.74, 6) is -0.0641. The molecule has 1 aromatic carbocycles. The second kappa shape index (κ2) is 5.99. The Labute approximate surface area is 122 Å². The molecule has 0 N–H and O–H groups in total. The first-order valence-electron chi connectivity index (χ1n) is 7.79. The molecule has 0 atom stereocenters. The van der Waals surface area contributed by atoms with E-state index in [2.05, 4.69) is 12.1 Å². The van der Waals surface area contributed by atoms with Gasteiger partial charge in [-0.2, -0.15) is 0 Å². The van der Waals surface area contributed by atoms with Crippen molar-refractivity contribution in [2.75, 3.05) is 0 Å². The summed E-state index contributed by atoms with van der Waals surface area (Å²) in [6.07, 6.45) is 6.20. The quantitative estimate of drug-likeness (QED) is 0.735. The smallest absolute Gasteiger partial charge is 0.312 e. The molecule has 0 spiro atoms. The van der Waals surface area contributed by atoms with Crippen LogP contribution in [0.2, 0.25) is 0 Å². The predicted molar refractivity (Wildman–Crippen MR) is 81.4 cm³/mol. The minimum absolute atomic E-state index is 0.0641. The third-order valence-corrected chi connectivity index (χ3v) is 4.69. The van der Waals surface area contributed by atoms with Crippen molar-refractivity contribution in [1.82, 2.24) is 0 Å². The van der Waals surface area contributed by atoms with Crippen molar-refractivity contribution in [1.29, 1.82) is 0 Å². The van der Waals surface area contributed by atoms with E-state index < -0.39 is 11.0 Å². The average molecular weight is 274 g/mol.